The van der Waals surface area contributed by atoms with E-state index < -0.39 is 27.0 Å². The molecule has 0 unspecified atom stereocenters. The second-order valence-corrected chi connectivity index (χ2v) is 9.93. The van der Waals surface area contributed by atoms with Gasteiger partial charge in [0.2, 0.25) is 11.8 Å². The third kappa shape index (κ3) is 2.25. The molecule has 6 nitrogen and oxygen atoms in total. The fraction of sp³-hybridized carbons (Fsp3) is 0.167. The van der Waals surface area contributed by atoms with E-state index in [9.17, 15) is 19.7 Å². The summed E-state index contributed by atoms with van der Waals surface area (Å²) in [4.78, 5) is 39.4. The zero-order valence-electron chi connectivity index (χ0n) is 16.4. The van der Waals surface area contributed by atoms with Crippen LogP contribution in [0, 0.1) is 22.0 Å². The first-order chi connectivity index (χ1) is 15.4. The van der Waals surface area contributed by atoms with Crippen molar-refractivity contribution < 1.29 is 14.5 Å². The molecule has 1 fully saturated rings. The van der Waals surface area contributed by atoms with Gasteiger partial charge in [0.1, 0.15) is 0 Å². The molecule has 0 saturated carbocycles. The summed E-state index contributed by atoms with van der Waals surface area (Å²) >= 11 is 10.3. The first-order valence-electron chi connectivity index (χ1n) is 10.0. The lowest BCUT2D eigenvalue weighted by atomic mass is 9.55. The molecule has 0 spiro atoms. The number of amides is 2. The van der Waals surface area contributed by atoms with Gasteiger partial charge in [-0.25, -0.2) is 4.90 Å². The van der Waals surface area contributed by atoms with Crippen molar-refractivity contribution in [1.29, 1.82) is 0 Å². The molecule has 2 bridgehead atoms. The minimum atomic E-state index is -0.881. The van der Waals surface area contributed by atoms with Gasteiger partial charge in [0, 0.05) is 18.1 Å². The van der Waals surface area contributed by atoms with Gasteiger partial charge in [-0.1, -0.05) is 76.1 Å². The lowest BCUT2D eigenvalue weighted by molar-refractivity contribution is -0.384. The van der Waals surface area contributed by atoms with Gasteiger partial charge >= 0.3 is 0 Å². The number of nitrogens with zero attached hydrogens (tertiary/aromatic N) is 2. The third-order valence-electron chi connectivity index (χ3n) is 6.90. The van der Waals surface area contributed by atoms with Gasteiger partial charge < -0.3 is 0 Å². The predicted molar refractivity (Wildman–Crippen MR) is 122 cm³/mol. The highest BCUT2D eigenvalue weighted by molar-refractivity contribution is 9.09. The number of halogens is 2. The van der Waals surface area contributed by atoms with Crippen molar-refractivity contribution in [2.45, 2.75) is 10.2 Å². The van der Waals surface area contributed by atoms with Crippen LogP contribution in [0.4, 0.5) is 11.4 Å². The summed E-state index contributed by atoms with van der Waals surface area (Å²) in [5.41, 5.74) is 3.78. The summed E-state index contributed by atoms with van der Waals surface area (Å²) in [7, 11) is 0. The fourth-order valence-electron chi connectivity index (χ4n) is 5.70. The summed E-state index contributed by atoms with van der Waals surface area (Å²) in [5, 5.41) is 11.4. The summed E-state index contributed by atoms with van der Waals surface area (Å²) in [6.07, 6.45) is 0. The molecule has 3 aromatic rings. The molecule has 1 heterocycles. The van der Waals surface area contributed by atoms with Gasteiger partial charge in [-0.15, -0.1) is 0 Å². The number of carbonyl (C=O) groups excluding carboxylic acids is 2. The number of carbonyl (C=O) groups is 2. The molecule has 0 N–H and O–H groups in total. The predicted octanol–water partition coefficient (Wildman–Crippen LogP) is 5.15. The number of alkyl halides is 1. The number of nitro benzene ring substituents is 1. The number of anilines is 1. The highest BCUT2D eigenvalue weighted by Crippen LogP contribution is 2.66. The fourth-order valence-corrected chi connectivity index (χ4v) is 7.11. The van der Waals surface area contributed by atoms with Crippen molar-refractivity contribution in [3.8, 4) is 0 Å². The summed E-state index contributed by atoms with van der Waals surface area (Å²) in [6, 6.07) is 19.5. The lowest BCUT2D eigenvalue weighted by Crippen LogP contribution is -2.50. The maximum Gasteiger partial charge on any atom is 0.271 e. The monoisotopic (exact) mass is 508 g/mol. The summed E-state index contributed by atoms with van der Waals surface area (Å²) < 4.78 is -0.881. The second kappa shape index (κ2) is 6.49. The Morgan fingerprint density at radius 3 is 2.12 bits per heavy atom. The molecule has 0 radical (unpaired) electrons. The first kappa shape index (κ1) is 19.6. The number of non-ortho nitro benzene ring substituents is 1. The molecule has 2 amide bonds. The van der Waals surface area contributed by atoms with Crippen LogP contribution in [0.1, 0.15) is 28.2 Å². The third-order valence-corrected chi connectivity index (χ3v) is 8.56. The van der Waals surface area contributed by atoms with Crippen LogP contribution in [0.3, 0.4) is 0 Å². The number of hydrogen-bond donors (Lipinski definition) is 0. The van der Waals surface area contributed by atoms with Gasteiger partial charge in [-0.2, -0.15) is 0 Å². The first-order valence-corrected chi connectivity index (χ1v) is 11.2. The van der Waals surface area contributed by atoms with Crippen molar-refractivity contribution in [2.75, 3.05) is 4.90 Å². The van der Waals surface area contributed by atoms with E-state index in [-0.39, 0.29) is 28.2 Å². The summed E-state index contributed by atoms with van der Waals surface area (Å²) in [5.74, 6) is -2.42. The Morgan fingerprint density at radius 1 is 0.938 bits per heavy atom. The lowest BCUT2D eigenvalue weighted by Gasteiger charge is -2.51. The van der Waals surface area contributed by atoms with E-state index in [1.54, 1.807) is 0 Å². The normalized spacial score (nSPS) is 27.2. The van der Waals surface area contributed by atoms with Gasteiger partial charge in [-0.3, -0.25) is 19.7 Å². The Morgan fingerprint density at radius 2 is 1.53 bits per heavy atom. The van der Waals surface area contributed by atoms with E-state index >= 15 is 0 Å². The maximum absolute atomic E-state index is 13.8. The van der Waals surface area contributed by atoms with E-state index in [1.165, 1.54) is 18.2 Å². The van der Waals surface area contributed by atoms with Crippen LogP contribution in [0.2, 0.25) is 5.02 Å². The summed E-state index contributed by atoms with van der Waals surface area (Å²) in [6.45, 7) is 0. The molecular formula is C24H14BrClN2O4. The van der Waals surface area contributed by atoms with Gasteiger partial charge in [0.05, 0.1) is 31.8 Å². The highest BCUT2D eigenvalue weighted by atomic mass is 79.9. The molecule has 8 heteroatoms. The number of rotatable bonds is 2. The van der Waals surface area contributed by atoms with Crippen LogP contribution in [0.5, 0.6) is 0 Å². The van der Waals surface area contributed by atoms with Crippen LogP contribution in [0.15, 0.2) is 66.7 Å². The number of nitro groups is 1. The molecule has 3 aliphatic carbocycles. The largest absolute Gasteiger partial charge is 0.274 e. The Kier molecular flexibility index (Phi) is 3.99. The minimum absolute atomic E-state index is 0.0499. The molecule has 32 heavy (non-hydrogen) atoms. The van der Waals surface area contributed by atoms with Crippen molar-refractivity contribution in [1.82, 2.24) is 0 Å². The van der Waals surface area contributed by atoms with E-state index in [1.807, 2.05) is 48.5 Å². The van der Waals surface area contributed by atoms with Crippen LogP contribution >= 0.6 is 27.5 Å². The quantitative estimate of drug-likeness (QED) is 0.207. The van der Waals surface area contributed by atoms with E-state index in [0.717, 1.165) is 27.2 Å². The molecule has 7 rings (SSSR count). The van der Waals surface area contributed by atoms with E-state index in [0.29, 0.717) is 0 Å². The molecule has 1 aliphatic heterocycles. The molecule has 1 saturated heterocycles. The average Bonchev–Trinajstić information content (AvgIpc) is 3.06. The van der Waals surface area contributed by atoms with E-state index in [4.69, 9.17) is 11.6 Å². The van der Waals surface area contributed by atoms with Crippen molar-refractivity contribution >= 4 is 50.7 Å². The number of imide groups is 1. The van der Waals surface area contributed by atoms with Gasteiger partial charge in [0.15, 0.2) is 0 Å². The van der Waals surface area contributed by atoms with E-state index in [2.05, 4.69) is 15.9 Å². The Hall–Kier alpha value is -3.03. The SMILES string of the molecule is O=C1[C@H]2C3c4ccccc4C(Br)(c4ccccc43)[C@H]2C(=O)N1c1cc([N+](=O)[O-])ccc1Cl. The number of hydrogen-bond acceptors (Lipinski definition) is 4. The number of benzene rings is 3. The molecule has 0 aromatic heterocycles. The Labute approximate surface area is 196 Å². The average molecular weight is 510 g/mol. The minimum Gasteiger partial charge on any atom is -0.274 e. The highest BCUT2D eigenvalue weighted by Gasteiger charge is 2.67. The molecule has 3 aromatic carbocycles. The topological polar surface area (TPSA) is 80.5 Å². The zero-order valence-corrected chi connectivity index (χ0v) is 18.7. The zero-order chi connectivity index (χ0) is 22.4. The van der Waals surface area contributed by atoms with Crippen LogP contribution in [-0.4, -0.2) is 16.7 Å². The van der Waals surface area contributed by atoms with Gasteiger partial charge in [-0.05, 0) is 28.3 Å². The second-order valence-electron chi connectivity index (χ2n) is 8.27. The van der Waals surface area contributed by atoms with Crippen LogP contribution in [-0.2, 0) is 13.9 Å². The van der Waals surface area contributed by atoms with Crippen molar-refractivity contribution in [3.63, 3.8) is 0 Å². The smallest absolute Gasteiger partial charge is 0.271 e. The maximum atomic E-state index is 13.8. The molecule has 2 atom stereocenters. The van der Waals surface area contributed by atoms with Crippen LogP contribution in [0.25, 0.3) is 0 Å². The Balaban J connectivity index is 1.60. The molecule has 4 aliphatic rings. The molecular weight excluding hydrogens is 496 g/mol. The van der Waals surface area contributed by atoms with Crippen LogP contribution < -0.4 is 4.90 Å². The Bertz CT molecular complexity index is 1330. The molecule has 158 valence electrons. The van der Waals surface area contributed by atoms with Gasteiger partial charge in [0.25, 0.3) is 5.69 Å². The van der Waals surface area contributed by atoms with Crippen molar-refractivity contribution in [2.24, 2.45) is 11.8 Å². The standard InChI is InChI=1S/C24H14BrClN2O4/c25-24-15-7-3-1-5-13(15)19(14-6-2-4-8-16(14)24)20-21(24)23(30)27(22(20)29)18-11-12(28(31)32)9-10-17(18)26/h1-11,19-21H/t19?,20-,21+,24?/m0/s1. The van der Waals surface area contributed by atoms with Crippen molar-refractivity contribution in [3.05, 3.63) is 104 Å².